The van der Waals surface area contributed by atoms with Crippen LogP contribution < -0.4 is 5.32 Å². The van der Waals surface area contributed by atoms with E-state index in [0.29, 0.717) is 6.42 Å². The van der Waals surface area contributed by atoms with Crippen molar-refractivity contribution < 1.29 is 4.79 Å². The number of carbonyl (C=O) groups excluding carboxylic acids is 1. The van der Waals surface area contributed by atoms with E-state index < -0.39 is 0 Å². The first-order valence-corrected chi connectivity index (χ1v) is 6.57. The summed E-state index contributed by atoms with van der Waals surface area (Å²) in [6.07, 6.45) is 5.25. The second-order valence-corrected chi connectivity index (χ2v) is 4.46. The SMILES string of the molecule is CCCCCc1c(C)cccc1NC(=O)CC. The highest BCUT2D eigenvalue weighted by molar-refractivity contribution is 5.91. The maximum Gasteiger partial charge on any atom is 0.224 e. The Balaban J connectivity index is 2.80. The van der Waals surface area contributed by atoms with Crippen LogP contribution in [0.5, 0.6) is 0 Å². The molecule has 1 amide bonds. The van der Waals surface area contributed by atoms with Crippen LogP contribution in [0.2, 0.25) is 0 Å². The van der Waals surface area contributed by atoms with Gasteiger partial charge in [-0.15, -0.1) is 0 Å². The highest BCUT2D eigenvalue weighted by atomic mass is 16.1. The van der Waals surface area contributed by atoms with Crippen LogP contribution in [0.3, 0.4) is 0 Å². The average molecular weight is 233 g/mol. The largest absolute Gasteiger partial charge is 0.326 e. The third-order valence-corrected chi connectivity index (χ3v) is 3.04. The number of unbranched alkanes of at least 4 members (excludes halogenated alkanes) is 2. The lowest BCUT2D eigenvalue weighted by molar-refractivity contribution is -0.115. The quantitative estimate of drug-likeness (QED) is 0.737. The van der Waals surface area contributed by atoms with Crippen LogP contribution in [0.25, 0.3) is 0 Å². The molecule has 1 N–H and O–H groups in total. The van der Waals surface area contributed by atoms with Crippen LogP contribution in [0.15, 0.2) is 18.2 Å². The van der Waals surface area contributed by atoms with Crippen LogP contribution >= 0.6 is 0 Å². The van der Waals surface area contributed by atoms with Crippen molar-refractivity contribution in [3.05, 3.63) is 29.3 Å². The standard InChI is InChI=1S/C15H23NO/c1-4-6-7-10-13-12(3)9-8-11-14(13)16-15(17)5-2/h8-9,11H,4-7,10H2,1-3H3,(H,16,17). The fourth-order valence-electron chi connectivity index (χ4n) is 1.94. The van der Waals surface area contributed by atoms with Crippen molar-refractivity contribution in [1.29, 1.82) is 0 Å². The Hall–Kier alpha value is -1.31. The van der Waals surface area contributed by atoms with Gasteiger partial charge in [0, 0.05) is 12.1 Å². The van der Waals surface area contributed by atoms with Crippen molar-refractivity contribution in [1.82, 2.24) is 0 Å². The van der Waals surface area contributed by atoms with E-state index in [9.17, 15) is 4.79 Å². The first-order valence-electron chi connectivity index (χ1n) is 6.57. The van der Waals surface area contributed by atoms with Gasteiger partial charge in [-0.3, -0.25) is 4.79 Å². The molecule has 0 unspecified atom stereocenters. The molecule has 94 valence electrons. The highest BCUT2D eigenvalue weighted by Gasteiger charge is 2.07. The number of hydrogen-bond acceptors (Lipinski definition) is 1. The summed E-state index contributed by atoms with van der Waals surface area (Å²) in [6.45, 7) is 6.20. The van der Waals surface area contributed by atoms with Crippen LogP contribution in [-0.4, -0.2) is 5.91 Å². The Bertz CT molecular complexity index is 371. The number of benzene rings is 1. The summed E-state index contributed by atoms with van der Waals surface area (Å²) < 4.78 is 0. The lowest BCUT2D eigenvalue weighted by atomic mass is 10.00. The lowest BCUT2D eigenvalue weighted by Gasteiger charge is -2.13. The predicted octanol–water partition coefficient (Wildman–Crippen LogP) is 4.08. The van der Waals surface area contributed by atoms with Gasteiger partial charge in [-0.1, -0.05) is 38.8 Å². The zero-order valence-electron chi connectivity index (χ0n) is 11.2. The molecule has 17 heavy (non-hydrogen) atoms. The molecule has 0 aromatic heterocycles. The molecule has 2 heteroatoms. The maximum absolute atomic E-state index is 11.5. The number of hydrogen-bond donors (Lipinski definition) is 1. The minimum atomic E-state index is 0.0901. The molecule has 0 saturated heterocycles. The second-order valence-electron chi connectivity index (χ2n) is 4.46. The smallest absolute Gasteiger partial charge is 0.224 e. The molecule has 0 bridgehead atoms. The van der Waals surface area contributed by atoms with Gasteiger partial charge in [-0.2, -0.15) is 0 Å². The van der Waals surface area contributed by atoms with Gasteiger partial charge in [0.15, 0.2) is 0 Å². The summed E-state index contributed by atoms with van der Waals surface area (Å²) in [6, 6.07) is 6.12. The number of aryl methyl sites for hydroxylation is 1. The van der Waals surface area contributed by atoms with E-state index in [1.807, 2.05) is 19.1 Å². The second kappa shape index (κ2) is 7.10. The lowest BCUT2D eigenvalue weighted by Crippen LogP contribution is -2.11. The molecule has 0 atom stereocenters. The number of amides is 1. The highest BCUT2D eigenvalue weighted by Crippen LogP contribution is 2.22. The van der Waals surface area contributed by atoms with Gasteiger partial charge in [-0.25, -0.2) is 0 Å². The van der Waals surface area contributed by atoms with E-state index >= 15 is 0 Å². The van der Waals surface area contributed by atoms with Crippen molar-refractivity contribution in [2.75, 3.05) is 5.32 Å². The number of rotatable bonds is 6. The van der Waals surface area contributed by atoms with Gasteiger partial charge in [0.2, 0.25) is 5.91 Å². The molecule has 1 rings (SSSR count). The van der Waals surface area contributed by atoms with Crippen molar-refractivity contribution in [2.24, 2.45) is 0 Å². The summed E-state index contributed by atoms with van der Waals surface area (Å²) in [7, 11) is 0. The zero-order valence-corrected chi connectivity index (χ0v) is 11.2. The van der Waals surface area contributed by atoms with Gasteiger partial charge >= 0.3 is 0 Å². The van der Waals surface area contributed by atoms with Crippen molar-refractivity contribution in [3.8, 4) is 0 Å². The zero-order chi connectivity index (χ0) is 12.7. The third-order valence-electron chi connectivity index (χ3n) is 3.04. The minimum absolute atomic E-state index is 0.0901. The Labute approximate surface area is 104 Å². The minimum Gasteiger partial charge on any atom is -0.326 e. The maximum atomic E-state index is 11.5. The Kier molecular flexibility index (Phi) is 5.75. The third kappa shape index (κ3) is 4.22. The molecule has 0 aliphatic carbocycles. The Morgan fingerprint density at radius 2 is 2.00 bits per heavy atom. The molecule has 0 heterocycles. The fraction of sp³-hybridized carbons (Fsp3) is 0.533. The Morgan fingerprint density at radius 3 is 2.65 bits per heavy atom. The van der Waals surface area contributed by atoms with Crippen molar-refractivity contribution in [3.63, 3.8) is 0 Å². The van der Waals surface area contributed by atoms with Crippen LogP contribution in [-0.2, 0) is 11.2 Å². The van der Waals surface area contributed by atoms with Gasteiger partial charge in [0.25, 0.3) is 0 Å². The molecule has 1 aromatic rings. The molecular weight excluding hydrogens is 210 g/mol. The molecule has 0 aliphatic rings. The number of nitrogens with one attached hydrogen (secondary N) is 1. The number of carbonyl (C=O) groups is 1. The molecule has 0 spiro atoms. The first-order chi connectivity index (χ1) is 8.19. The summed E-state index contributed by atoms with van der Waals surface area (Å²) in [5.74, 6) is 0.0901. The van der Waals surface area contributed by atoms with Gasteiger partial charge in [-0.05, 0) is 37.0 Å². The molecule has 0 fully saturated rings. The molecule has 0 radical (unpaired) electrons. The van der Waals surface area contributed by atoms with Crippen molar-refractivity contribution in [2.45, 2.75) is 52.9 Å². The molecular formula is C15H23NO. The molecule has 0 saturated carbocycles. The van der Waals surface area contributed by atoms with E-state index in [2.05, 4.69) is 25.2 Å². The van der Waals surface area contributed by atoms with E-state index in [4.69, 9.17) is 0 Å². The van der Waals surface area contributed by atoms with Crippen molar-refractivity contribution >= 4 is 11.6 Å². The molecule has 1 aromatic carbocycles. The summed E-state index contributed by atoms with van der Waals surface area (Å²) in [4.78, 5) is 11.5. The van der Waals surface area contributed by atoms with E-state index in [1.54, 1.807) is 0 Å². The molecule has 0 aliphatic heterocycles. The van der Waals surface area contributed by atoms with E-state index in [0.717, 1.165) is 12.1 Å². The van der Waals surface area contributed by atoms with E-state index in [1.165, 1.54) is 30.4 Å². The summed E-state index contributed by atoms with van der Waals surface area (Å²) in [5, 5.41) is 2.99. The van der Waals surface area contributed by atoms with Crippen LogP contribution in [0.4, 0.5) is 5.69 Å². The fourth-order valence-corrected chi connectivity index (χ4v) is 1.94. The van der Waals surface area contributed by atoms with Gasteiger partial charge in [0.1, 0.15) is 0 Å². The normalized spacial score (nSPS) is 10.3. The monoisotopic (exact) mass is 233 g/mol. The predicted molar refractivity (Wildman–Crippen MR) is 73.3 cm³/mol. The first kappa shape index (κ1) is 13.8. The van der Waals surface area contributed by atoms with Crippen LogP contribution in [0.1, 0.15) is 50.7 Å². The summed E-state index contributed by atoms with van der Waals surface area (Å²) in [5.41, 5.74) is 3.56. The summed E-state index contributed by atoms with van der Waals surface area (Å²) >= 11 is 0. The van der Waals surface area contributed by atoms with E-state index in [-0.39, 0.29) is 5.91 Å². The number of anilines is 1. The van der Waals surface area contributed by atoms with Gasteiger partial charge < -0.3 is 5.32 Å². The van der Waals surface area contributed by atoms with Gasteiger partial charge in [0.05, 0.1) is 0 Å². The van der Waals surface area contributed by atoms with Crippen LogP contribution in [0, 0.1) is 6.92 Å². The Morgan fingerprint density at radius 1 is 1.24 bits per heavy atom. The topological polar surface area (TPSA) is 29.1 Å². The average Bonchev–Trinajstić information content (AvgIpc) is 2.32. The molecule has 2 nitrogen and oxygen atoms in total.